The Bertz CT molecular complexity index is 377. The van der Waals surface area contributed by atoms with E-state index in [1.165, 1.54) is 18.2 Å². The van der Waals surface area contributed by atoms with Gasteiger partial charge in [-0.05, 0) is 45.0 Å². The monoisotopic (exact) mass is 243 g/mol. The van der Waals surface area contributed by atoms with Crippen LogP contribution in [0.4, 0.5) is 4.39 Å². The molecule has 1 aliphatic rings. The highest BCUT2D eigenvalue weighted by atomic mass is 35.5. The van der Waals surface area contributed by atoms with Gasteiger partial charge in [0.25, 0.3) is 0 Å². The van der Waals surface area contributed by atoms with E-state index in [2.05, 4.69) is 5.32 Å². The molecule has 0 aliphatic carbocycles. The fourth-order valence-corrected chi connectivity index (χ4v) is 2.03. The summed E-state index contributed by atoms with van der Waals surface area (Å²) in [5.74, 6) is 0.114. The van der Waals surface area contributed by atoms with Gasteiger partial charge in [-0.3, -0.25) is 0 Å². The molecule has 1 saturated heterocycles. The summed E-state index contributed by atoms with van der Waals surface area (Å²) in [6.45, 7) is 3.88. The number of halogens is 2. The maximum atomic E-state index is 13.1. The SMILES string of the molecule is CC1(Oc2cc(F)ccc2Cl)CCNCC1. The van der Waals surface area contributed by atoms with Gasteiger partial charge < -0.3 is 10.1 Å². The van der Waals surface area contributed by atoms with E-state index in [0.29, 0.717) is 10.8 Å². The van der Waals surface area contributed by atoms with Crippen molar-refractivity contribution in [2.75, 3.05) is 13.1 Å². The smallest absolute Gasteiger partial charge is 0.141 e. The van der Waals surface area contributed by atoms with Crippen molar-refractivity contribution in [2.45, 2.75) is 25.4 Å². The summed E-state index contributed by atoms with van der Waals surface area (Å²) >= 11 is 5.97. The summed E-state index contributed by atoms with van der Waals surface area (Å²) in [6, 6.07) is 4.20. The van der Waals surface area contributed by atoms with E-state index in [9.17, 15) is 4.39 Å². The minimum Gasteiger partial charge on any atom is -0.486 e. The van der Waals surface area contributed by atoms with Gasteiger partial charge >= 0.3 is 0 Å². The number of benzene rings is 1. The largest absolute Gasteiger partial charge is 0.486 e. The lowest BCUT2D eigenvalue weighted by Gasteiger charge is -2.34. The molecule has 1 heterocycles. The lowest BCUT2D eigenvalue weighted by atomic mass is 9.94. The van der Waals surface area contributed by atoms with Gasteiger partial charge in [0.05, 0.1) is 5.02 Å². The van der Waals surface area contributed by atoms with Crippen molar-refractivity contribution < 1.29 is 9.13 Å². The number of rotatable bonds is 2. The molecule has 0 radical (unpaired) electrons. The summed E-state index contributed by atoms with van der Waals surface area (Å²) in [5, 5.41) is 3.72. The molecule has 88 valence electrons. The van der Waals surface area contributed by atoms with Crippen molar-refractivity contribution in [3.05, 3.63) is 29.0 Å². The zero-order chi connectivity index (χ0) is 11.6. The average molecular weight is 244 g/mol. The molecular weight excluding hydrogens is 229 g/mol. The predicted octanol–water partition coefficient (Wildman–Crippen LogP) is 3.00. The standard InChI is InChI=1S/C12H15ClFNO/c1-12(4-6-15-7-5-12)16-11-8-9(14)2-3-10(11)13/h2-3,8,15H,4-7H2,1H3. The predicted molar refractivity (Wildman–Crippen MR) is 62.5 cm³/mol. The molecule has 2 nitrogen and oxygen atoms in total. The maximum absolute atomic E-state index is 13.1. The highest BCUT2D eigenvalue weighted by Crippen LogP contribution is 2.31. The Hall–Kier alpha value is -0.800. The first-order chi connectivity index (χ1) is 7.59. The molecule has 0 unspecified atom stereocenters. The van der Waals surface area contributed by atoms with Crippen LogP contribution in [-0.2, 0) is 0 Å². The molecule has 1 fully saturated rings. The van der Waals surface area contributed by atoms with Gasteiger partial charge in [-0.15, -0.1) is 0 Å². The van der Waals surface area contributed by atoms with E-state index in [4.69, 9.17) is 16.3 Å². The van der Waals surface area contributed by atoms with Crippen molar-refractivity contribution in [1.82, 2.24) is 5.32 Å². The van der Waals surface area contributed by atoms with Crippen LogP contribution in [-0.4, -0.2) is 18.7 Å². The Balaban J connectivity index is 2.15. The molecule has 1 aromatic rings. The van der Waals surface area contributed by atoms with Crippen LogP contribution in [0.15, 0.2) is 18.2 Å². The Kier molecular flexibility index (Phi) is 3.36. The number of hydrogen-bond donors (Lipinski definition) is 1. The quantitative estimate of drug-likeness (QED) is 0.862. The summed E-state index contributed by atoms with van der Waals surface area (Å²) in [5.41, 5.74) is -0.247. The molecule has 0 atom stereocenters. The second-order valence-electron chi connectivity index (χ2n) is 4.38. The molecule has 0 spiro atoms. The highest BCUT2D eigenvalue weighted by molar-refractivity contribution is 6.32. The Morgan fingerprint density at radius 3 is 2.75 bits per heavy atom. The summed E-state index contributed by atoms with van der Waals surface area (Å²) in [4.78, 5) is 0. The van der Waals surface area contributed by atoms with Crippen molar-refractivity contribution in [2.24, 2.45) is 0 Å². The summed E-state index contributed by atoms with van der Waals surface area (Å²) in [6.07, 6.45) is 1.81. The number of hydrogen-bond acceptors (Lipinski definition) is 2. The van der Waals surface area contributed by atoms with E-state index >= 15 is 0 Å². The summed E-state index contributed by atoms with van der Waals surface area (Å²) in [7, 11) is 0. The minimum absolute atomic E-state index is 0.247. The Morgan fingerprint density at radius 2 is 2.06 bits per heavy atom. The van der Waals surface area contributed by atoms with Gasteiger partial charge in [0, 0.05) is 6.07 Å². The molecule has 0 aromatic heterocycles. The molecule has 0 bridgehead atoms. The molecule has 2 rings (SSSR count). The van der Waals surface area contributed by atoms with Crippen LogP contribution < -0.4 is 10.1 Å². The molecule has 4 heteroatoms. The van der Waals surface area contributed by atoms with Crippen LogP contribution in [0.1, 0.15) is 19.8 Å². The fraction of sp³-hybridized carbons (Fsp3) is 0.500. The number of piperidine rings is 1. The second kappa shape index (κ2) is 4.60. The first kappa shape index (κ1) is 11.7. The first-order valence-electron chi connectivity index (χ1n) is 5.44. The van der Waals surface area contributed by atoms with Gasteiger partial charge in [0.15, 0.2) is 0 Å². The van der Waals surface area contributed by atoms with Crippen LogP contribution in [0.5, 0.6) is 5.75 Å². The minimum atomic E-state index is -0.322. The molecule has 16 heavy (non-hydrogen) atoms. The fourth-order valence-electron chi connectivity index (χ4n) is 1.88. The third-order valence-electron chi connectivity index (χ3n) is 2.91. The van der Waals surface area contributed by atoms with Gasteiger partial charge in [0.1, 0.15) is 17.2 Å². The van der Waals surface area contributed by atoms with Crippen LogP contribution in [0.2, 0.25) is 5.02 Å². The summed E-state index contributed by atoms with van der Waals surface area (Å²) < 4.78 is 18.9. The number of nitrogens with one attached hydrogen (secondary N) is 1. The molecule has 0 saturated carbocycles. The van der Waals surface area contributed by atoms with Crippen LogP contribution in [0.25, 0.3) is 0 Å². The highest BCUT2D eigenvalue weighted by Gasteiger charge is 2.29. The van der Waals surface area contributed by atoms with E-state index in [0.717, 1.165) is 25.9 Å². The van der Waals surface area contributed by atoms with E-state index in [-0.39, 0.29) is 11.4 Å². The average Bonchev–Trinajstić information content (AvgIpc) is 2.24. The molecule has 1 aliphatic heterocycles. The van der Waals surface area contributed by atoms with E-state index in [1.54, 1.807) is 0 Å². The van der Waals surface area contributed by atoms with Crippen LogP contribution >= 0.6 is 11.6 Å². The lowest BCUT2D eigenvalue weighted by Crippen LogP contribution is -2.43. The van der Waals surface area contributed by atoms with E-state index in [1.807, 2.05) is 6.92 Å². The molecule has 0 amide bonds. The topological polar surface area (TPSA) is 21.3 Å². The first-order valence-corrected chi connectivity index (χ1v) is 5.82. The molecule has 1 aromatic carbocycles. The van der Waals surface area contributed by atoms with E-state index < -0.39 is 0 Å². The zero-order valence-corrected chi connectivity index (χ0v) is 9.98. The Morgan fingerprint density at radius 1 is 1.38 bits per heavy atom. The lowest BCUT2D eigenvalue weighted by molar-refractivity contribution is 0.0554. The van der Waals surface area contributed by atoms with Crippen LogP contribution in [0, 0.1) is 5.82 Å². The van der Waals surface area contributed by atoms with Gasteiger partial charge in [-0.25, -0.2) is 4.39 Å². The third kappa shape index (κ3) is 2.66. The maximum Gasteiger partial charge on any atom is 0.141 e. The van der Waals surface area contributed by atoms with Gasteiger partial charge in [0.2, 0.25) is 0 Å². The van der Waals surface area contributed by atoms with Crippen LogP contribution in [0.3, 0.4) is 0 Å². The molecular formula is C12H15ClFNO. The number of ether oxygens (including phenoxy) is 1. The van der Waals surface area contributed by atoms with Crippen molar-refractivity contribution in [3.63, 3.8) is 0 Å². The molecule has 1 N–H and O–H groups in total. The normalized spacial score (nSPS) is 19.4. The zero-order valence-electron chi connectivity index (χ0n) is 9.22. The van der Waals surface area contributed by atoms with Crippen molar-refractivity contribution >= 4 is 11.6 Å². The Labute approximate surface area is 99.7 Å². The second-order valence-corrected chi connectivity index (χ2v) is 4.78. The third-order valence-corrected chi connectivity index (χ3v) is 3.22. The van der Waals surface area contributed by atoms with Crippen molar-refractivity contribution in [3.8, 4) is 5.75 Å². The van der Waals surface area contributed by atoms with Gasteiger partial charge in [-0.2, -0.15) is 0 Å². The van der Waals surface area contributed by atoms with Crippen molar-refractivity contribution in [1.29, 1.82) is 0 Å². The van der Waals surface area contributed by atoms with Gasteiger partial charge in [-0.1, -0.05) is 11.6 Å².